The number of urea groups is 1. The van der Waals surface area contributed by atoms with Crippen LogP contribution in [-0.4, -0.2) is 56.6 Å². The van der Waals surface area contributed by atoms with Gasteiger partial charge in [-0.05, 0) is 13.0 Å². The summed E-state index contributed by atoms with van der Waals surface area (Å²) in [5.41, 5.74) is 0. The Bertz CT molecular complexity index is 305. The molecule has 3 amide bonds. The molecule has 7 nitrogen and oxygen atoms in total. The van der Waals surface area contributed by atoms with Crippen LogP contribution in [0.3, 0.4) is 0 Å². The molecule has 0 heterocycles. The maximum atomic E-state index is 11.4. The molecule has 0 aromatic rings. The molecule has 0 unspecified atom stereocenters. The monoisotopic (exact) mass is 259 g/mol. The van der Waals surface area contributed by atoms with Crippen LogP contribution in [0.4, 0.5) is 4.79 Å². The van der Waals surface area contributed by atoms with Gasteiger partial charge in [0.05, 0.1) is 20.2 Å². The Morgan fingerprint density at radius 1 is 1.22 bits per heavy atom. The van der Waals surface area contributed by atoms with Crippen molar-refractivity contribution in [2.75, 3.05) is 33.8 Å². The predicted octanol–water partition coefficient (Wildman–Crippen LogP) is -0.427. The van der Waals surface area contributed by atoms with Gasteiger partial charge in [0.1, 0.15) is 0 Å². The minimum Gasteiger partial charge on any atom is -0.468 e. The molecule has 7 heteroatoms. The van der Waals surface area contributed by atoms with E-state index in [2.05, 4.69) is 15.4 Å². The highest BCUT2D eigenvalue weighted by atomic mass is 16.5. The summed E-state index contributed by atoms with van der Waals surface area (Å²) in [7, 11) is 2.86. The highest BCUT2D eigenvalue weighted by Crippen LogP contribution is 1.87. The van der Waals surface area contributed by atoms with Gasteiger partial charge in [-0.2, -0.15) is 0 Å². The van der Waals surface area contributed by atoms with Crippen LogP contribution in [0, 0.1) is 5.92 Å². The molecule has 104 valence electrons. The lowest BCUT2D eigenvalue weighted by Gasteiger charge is -2.14. The van der Waals surface area contributed by atoms with Gasteiger partial charge in [-0.15, -0.1) is 0 Å². The van der Waals surface area contributed by atoms with Crippen molar-refractivity contribution in [1.82, 2.24) is 15.5 Å². The Morgan fingerprint density at radius 3 is 2.33 bits per heavy atom. The molecule has 0 aromatic heterocycles. The Kier molecular flexibility index (Phi) is 7.69. The van der Waals surface area contributed by atoms with Crippen LogP contribution in [0.15, 0.2) is 0 Å². The topological polar surface area (TPSA) is 87.7 Å². The lowest BCUT2D eigenvalue weighted by atomic mass is 10.2. The molecule has 0 atom stereocenters. The van der Waals surface area contributed by atoms with Crippen LogP contribution in [0.25, 0.3) is 0 Å². The van der Waals surface area contributed by atoms with Crippen LogP contribution in [0.2, 0.25) is 0 Å². The lowest BCUT2D eigenvalue weighted by molar-refractivity contribution is -0.141. The largest absolute Gasteiger partial charge is 0.468 e. The highest BCUT2D eigenvalue weighted by molar-refractivity contribution is 5.95. The number of imide groups is 1. The van der Waals surface area contributed by atoms with Crippen molar-refractivity contribution < 1.29 is 19.1 Å². The Balaban J connectivity index is 3.89. The van der Waals surface area contributed by atoms with Gasteiger partial charge in [0.2, 0.25) is 5.91 Å². The second-order valence-electron chi connectivity index (χ2n) is 4.40. The Morgan fingerprint density at radius 2 is 1.83 bits per heavy atom. The number of likely N-dealkylation sites (N-methyl/N-ethyl adjacent to an activating group) is 1. The third kappa shape index (κ3) is 8.51. The first kappa shape index (κ1) is 16.4. The van der Waals surface area contributed by atoms with E-state index in [1.165, 1.54) is 12.0 Å². The summed E-state index contributed by atoms with van der Waals surface area (Å²) in [5, 5.41) is 4.73. The van der Waals surface area contributed by atoms with E-state index in [-0.39, 0.29) is 13.1 Å². The molecule has 0 fully saturated rings. The number of rotatable bonds is 6. The maximum Gasteiger partial charge on any atom is 0.321 e. The predicted molar refractivity (Wildman–Crippen MR) is 65.9 cm³/mol. The minimum absolute atomic E-state index is 0.00245. The molecule has 0 aromatic carbocycles. The molecule has 0 aliphatic heterocycles. The number of hydrogen-bond donors (Lipinski definition) is 2. The fraction of sp³-hybridized carbons (Fsp3) is 0.727. The number of carbonyl (C=O) groups excluding carboxylic acids is 3. The number of nitrogens with one attached hydrogen (secondary N) is 2. The summed E-state index contributed by atoms with van der Waals surface area (Å²) in [6, 6.07) is -0.528. The number of esters is 1. The highest BCUT2D eigenvalue weighted by Gasteiger charge is 2.12. The van der Waals surface area contributed by atoms with E-state index >= 15 is 0 Å². The molecule has 0 radical (unpaired) electrons. The fourth-order valence-corrected chi connectivity index (χ4v) is 1.09. The number of ether oxygens (including phenoxy) is 1. The average Bonchev–Trinajstić information content (AvgIpc) is 2.25. The van der Waals surface area contributed by atoms with Crippen LogP contribution >= 0.6 is 0 Å². The quantitative estimate of drug-likeness (QED) is 0.632. The first-order chi connectivity index (χ1) is 8.35. The maximum absolute atomic E-state index is 11.4. The second-order valence-corrected chi connectivity index (χ2v) is 4.40. The summed E-state index contributed by atoms with van der Waals surface area (Å²) in [6.07, 6.45) is 0. The molecular weight excluding hydrogens is 238 g/mol. The van der Waals surface area contributed by atoms with Crippen molar-refractivity contribution in [1.29, 1.82) is 0 Å². The van der Waals surface area contributed by atoms with Crippen molar-refractivity contribution in [2.45, 2.75) is 13.8 Å². The normalized spacial score (nSPS) is 10.3. The zero-order chi connectivity index (χ0) is 14.1. The van der Waals surface area contributed by atoms with Gasteiger partial charge >= 0.3 is 12.0 Å². The third-order valence-electron chi connectivity index (χ3n) is 1.96. The van der Waals surface area contributed by atoms with Crippen LogP contribution < -0.4 is 10.6 Å². The van der Waals surface area contributed by atoms with E-state index in [9.17, 15) is 14.4 Å². The fourth-order valence-electron chi connectivity index (χ4n) is 1.09. The summed E-state index contributed by atoms with van der Waals surface area (Å²) in [5.74, 6) is -0.593. The zero-order valence-electron chi connectivity index (χ0n) is 11.3. The number of nitrogens with zero attached hydrogens (tertiary/aromatic N) is 1. The van der Waals surface area contributed by atoms with Crippen molar-refractivity contribution in [3.63, 3.8) is 0 Å². The standard InChI is InChI=1S/C11H21N3O4/c1-8(2)5-12-11(17)13-9(15)6-14(3)7-10(16)18-4/h8H,5-7H2,1-4H3,(H2,12,13,15,17). The number of amides is 3. The van der Waals surface area contributed by atoms with Crippen molar-refractivity contribution in [3.8, 4) is 0 Å². The second kappa shape index (κ2) is 8.46. The molecule has 0 rings (SSSR count). The van der Waals surface area contributed by atoms with E-state index in [4.69, 9.17) is 0 Å². The van der Waals surface area contributed by atoms with E-state index in [0.717, 1.165) is 0 Å². The van der Waals surface area contributed by atoms with Gasteiger partial charge in [0.15, 0.2) is 0 Å². The summed E-state index contributed by atoms with van der Waals surface area (Å²) in [4.78, 5) is 35.1. The van der Waals surface area contributed by atoms with Gasteiger partial charge in [-0.1, -0.05) is 13.8 Å². The number of methoxy groups -OCH3 is 1. The molecule has 0 saturated carbocycles. The van der Waals surface area contributed by atoms with Gasteiger partial charge in [-0.3, -0.25) is 19.8 Å². The van der Waals surface area contributed by atoms with E-state index in [1.54, 1.807) is 7.05 Å². The minimum atomic E-state index is -0.528. The summed E-state index contributed by atoms with van der Waals surface area (Å²) < 4.78 is 4.46. The van der Waals surface area contributed by atoms with Crippen molar-refractivity contribution in [2.24, 2.45) is 5.92 Å². The van der Waals surface area contributed by atoms with Crippen LogP contribution in [-0.2, 0) is 14.3 Å². The van der Waals surface area contributed by atoms with Crippen LogP contribution in [0.1, 0.15) is 13.8 Å². The molecule has 0 aliphatic carbocycles. The average molecular weight is 259 g/mol. The molecule has 0 spiro atoms. The van der Waals surface area contributed by atoms with E-state index in [1.807, 2.05) is 13.8 Å². The molecule has 2 N–H and O–H groups in total. The lowest BCUT2D eigenvalue weighted by Crippen LogP contribution is -2.45. The SMILES string of the molecule is COC(=O)CN(C)CC(=O)NC(=O)NCC(C)C. The molecule has 0 bridgehead atoms. The van der Waals surface area contributed by atoms with Gasteiger partial charge in [0, 0.05) is 6.54 Å². The van der Waals surface area contributed by atoms with E-state index < -0.39 is 17.9 Å². The van der Waals surface area contributed by atoms with Gasteiger partial charge in [-0.25, -0.2) is 4.79 Å². The molecule has 0 saturated heterocycles. The van der Waals surface area contributed by atoms with Gasteiger partial charge in [0.25, 0.3) is 0 Å². The van der Waals surface area contributed by atoms with Crippen molar-refractivity contribution >= 4 is 17.9 Å². The molecule has 18 heavy (non-hydrogen) atoms. The molecular formula is C11H21N3O4. The van der Waals surface area contributed by atoms with Crippen LogP contribution in [0.5, 0.6) is 0 Å². The van der Waals surface area contributed by atoms with Gasteiger partial charge < -0.3 is 10.1 Å². The smallest absolute Gasteiger partial charge is 0.321 e. The Hall–Kier alpha value is -1.63. The third-order valence-corrected chi connectivity index (χ3v) is 1.96. The number of hydrogen-bond acceptors (Lipinski definition) is 5. The Labute approximate surface area is 107 Å². The first-order valence-electron chi connectivity index (χ1n) is 5.68. The van der Waals surface area contributed by atoms with E-state index in [0.29, 0.717) is 12.5 Å². The first-order valence-corrected chi connectivity index (χ1v) is 5.68. The molecule has 0 aliphatic rings. The summed E-state index contributed by atoms with van der Waals surface area (Å²) >= 11 is 0. The number of carbonyl (C=O) groups is 3. The van der Waals surface area contributed by atoms with Crippen molar-refractivity contribution in [3.05, 3.63) is 0 Å². The summed E-state index contributed by atoms with van der Waals surface area (Å²) in [6.45, 7) is 4.34. The zero-order valence-corrected chi connectivity index (χ0v) is 11.3.